The van der Waals surface area contributed by atoms with E-state index in [1.807, 2.05) is 30.3 Å². The van der Waals surface area contributed by atoms with Crippen LogP contribution in [0.3, 0.4) is 0 Å². The molecular formula is C15H16BrNO. The fraction of sp³-hybridized carbons (Fsp3) is 0.200. The lowest BCUT2D eigenvalue weighted by Gasteiger charge is -2.12. The van der Waals surface area contributed by atoms with Gasteiger partial charge in [0.15, 0.2) is 0 Å². The van der Waals surface area contributed by atoms with Crippen LogP contribution >= 0.6 is 15.9 Å². The van der Waals surface area contributed by atoms with Crippen molar-refractivity contribution in [1.82, 2.24) is 0 Å². The molecule has 0 aliphatic carbocycles. The van der Waals surface area contributed by atoms with Gasteiger partial charge in [0, 0.05) is 11.0 Å². The Labute approximate surface area is 116 Å². The van der Waals surface area contributed by atoms with Crippen LogP contribution in [0.1, 0.15) is 11.1 Å². The largest absolute Gasteiger partial charge is 0.495 e. The molecule has 3 heteroatoms. The van der Waals surface area contributed by atoms with Crippen LogP contribution in [0, 0.1) is 6.92 Å². The lowest BCUT2D eigenvalue weighted by molar-refractivity contribution is 0.416. The SMILES string of the molecule is COc1ccc(C)cc1NCc1ccccc1Br. The van der Waals surface area contributed by atoms with Crippen LogP contribution in [-0.2, 0) is 6.54 Å². The Morgan fingerprint density at radius 3 is 2.67 bits per heavy atom. The topological polar surface area (TPSA) is 21.3 Å². The van der Waals surface area contributed by atoms with Crippen molar-refractivity contribution in [3.05, 3.63) is 58.1 Å². The van der Waals surface area contributed by atoms with Crippen molar-refractivity contribution in [2.75, 3.05) is 12.4 Å². The number of nitrogens with one attached hydrogen (secondary N) is 1. The molecule has 2 rings (SSSR count). The van der Waals surface area contributed by atoms with Crippen LogP contribution in [0.2, 0.25) is 0 Å². The molecule has 18 heavy (non-hydrogen) atoms. The molecule has 2 aromatic rings. The molecule has 0 aliphatic heterocycles. The summed E-state index contributed by atoms with van der Waals surface area (Å²) in [6.45, 7) is 2.84. The maximum absolute atomic E-state index is 5.34. The summed E-state index contributed by atoms with van der Waals surface area (Å²) in [4.78, 5) is 0. The Bertz CT molecular complexity index is 540. The molecule has 0 saturated carbocycles. The van der Waals surface area contributed by atoms with Gasteiger partial charge in [-0.05, 0) is 36.2 Å². The van der Waals surface area contributed by atoms with Crippen LogP contribution in [0.5, 0.6) is 5.75 Å². The van der Waals surface area contributed by atoms with Crippen LogP contribution in [-0.4, -0.2) is 7.11 Å². The molecule has 0 heterocycles. The van der Waals surface area contributed by atoms with E-state index >= 15 is 0 Å². The highest BCUT2D eigenvalue weighted by Crippen LogP contribution is 2.26. The van der Waals surface area contributed by atoms with Crippen molar-refractivity contribution in [3.8, 4) is 5.75 Å². The molecule has 0 amide bonds. The van der Waals surface area contributed by atoms with Gasteiger partial charge in [-0.2, -0.15) is 0 Å². The molecule has 0 saturated heterocycles. The highest BCUT2D eigenvalue weighted by molar-refractivity contribution is 9.10. The number of rotatable bonds is 4. The van der Waals surface area contributed by atoms with Gasteiger partial charge in [-0.25, -0.2) is 0 Å². The number of benzene rings is 2. The molecule has 0 radical (unpaired) electrons. The molecule has 0 fully saturated rings. The van der Waals surface area contributed by atoms with E-state index in [-0.39, 0.29) is 0 Å². The highest BCUT2D eigenvalue weighted by Gasteiger charge is 2.04. The van der Waals surface area contributed by atoms with E-state index in [1.165, 1.54) is 11.1 Å². The highest BCUT2D eigenvalue weighted by atomic mass is 79.9. The Morgan fingerprint density at radius 1 is 1.17 bits per heavy atom. The molecule has 0 unspecified atom stereocenters. The standard InChI is InChI=1S/C15H16BrNO/c1-11-7-8-15(18-2)14(9-11)17-10-12-5-3-4-6-13(12)16/h3-9,17H,10H2,1-2H3. The van der Waals surface area contributed by atoms with Gasteiger partial charge < -0.3 is 10.1 Å². The summed E-state index contributed by atoms with van der Waals surface area (Å²) in [5.74, 6) is 0.868. The molecule has 0 bridgehead atoms. The van der Waals surface area contributed by atoms with Crippen molar-refractivity contribution in [3.63, 3.8) is 0 Å². The minimum absolute atomic E-state index is 0.765. The summed E-state index contributed by atoms with van der Waals surface area (Å²) in [5.41, 5.74) is 3.46. The third kappa shape index (κ3) is 3.05. The van der Waals surface area contributed by atoms with E-state index in [0.717, 1.165) is 22.5 Å². The molecule has 2 nitrogen and oxygen atoms in total. The van der Waals surface area contributed by atoms with Crippen LogP contribution in [0.15, 0.2) is 46.9 Å². The lowest BCUT2D eigenvalue weighted by atomic mass is 10.2. The summed E-state index contributed by atoms with van der Waals surface area (Å²) < 4.78 is 6.46. The van der Waals surface area contributed by atoms with Gasteiger partial charge in [0.05, 0.1) is 12.8 Å². The number of hydrogen-bond acceptors (Lipinski definition) is 2. The predicted molar refractivity (Wildman–Crippen MR) is 79.2 cm³/mol. The number of halogens is 1. The molecule has 94 valence electrons. The Balaban J connectivity index is 2.15. The van der Waals surface area contributed by atoms with Crippen LogP contribution < -0.4 is 10.1 Å². The summed E-state index contributed by atoms with van der Waals surface area (Å²) in [5, 5.41) is 3.41. The summed E-state index contributed by atoms with van der Waals surface area (Å²) in [6.07, 6.45) is 0. The Morgan fingerprint density at radius 2 is 1.94 bits per heavy atom. The Kier molecular flexibility index (Phi) is 4.26. The second-order valence-corrected chi connectivity index (χ2v) is 5.00. The molecule has 1 N–H and O–H groups in total. The predicted octanol–water partition coefficient (Wildman–Crippen LogP) is 4.38. The summed E-state index contributed by atoms with van der Waals surface area (Å²) in [6, 6.07) is 14.3. The second-order valence-electron chi connectivity index (χ2n) is 4.15. The van der Waals surface area contributed by atoms with Gasteiger partial charge in [-0.1, -0.05) is 40.2 Å². The second kappa shape index (κ2) is 5.91. The van der Waals surface area contributed by atoms with E-state index in [9.17, 15) is 0 Å². The third-order valence-corrected chi connectivity index (χ3v) is 3.56. The number of ether oxygens (including phenoxy) is 1. The van der Waals surface area contributed by atoms with Crippen molar-refractivity contribution in [2.24, 2.45) is 0 Å². The zero-order chi connectivity index (χ0) is 13.0. The summed E-state index contributed by atoms with van der Waals surface area (Å²) in [7, 11) is 1.69. The average molecular weight is 306 g/mol. The lowest BCUT2D eigenvalue weighted by Crippen LogP contribution is -2.02. The fourth-order valence-electron chi connectivity index (χ4n) is 1.79. The maximum Gasteiger partial charge on any atom is 0.141 e. The number of aryl methyl sites for hydroxylation is 1. The first-order valence-electron chi connectivity index (χ1n) is 5.82. The first-order chi connectivity index (χ1) is 8.70. The number of anilines is 1. The van der Waals surface area contributed by atoms with Crippen molar-refractivity contribution in [1.29, 1.82) is 0 Å². The van der Waals surface area contributed by atoms with Crippen molar-refractivity contribution in [2.45, 2.75) is 13.5 Å². The Hall–Kier alpha value is -1.48. The van der Waals surface area contributed by atoms with Gasteiger partial charge in [-0.3, -0.25) is 0 Å². The monoisotopic (exact) mass is 305 g/mol. The zero-order valence-electron chi connectivity index (χ0n) is 10.5. The molecule has 0 spiro atoms. The van der Waals surface area contributed by atoms with Gasteiger partial charge in [-0.15, -0.1) is 0 Å². The van der Waals surface area contributed by atoms with E-state index in [1.54, 1.807) is 7.11 Å². The maximum atomic E-state index is 5.34. The van der Waals surface area contributed by atoms with Crippen LogP contribution in [0.4, 0.5) is 5.69 Å². The quantitative estimate of drug-likeness (QED) is 0.905. The first-order valence-corrected chi connectivity index (χ1v) is 6.62. The van der Waals surface area contributed by atoms with E-state index in [2.05, 4.69) is 40.3 Å². The minimum atomic E-state index is 0.765. The number of methoxy groups -OCH3 is 1. The van der Waals surface area contributed by atoms with Crippen LogP contribution in [0.25, 0.3) is 0 Å². The van der Waals surface area contributed by atoms with Gasteiger partial charge in [0.25, 0.3) is 0 Å². The molecule has 0 atom stereocenters. The zero-order valence-corrected chi connectivity index (χ0v) is 12.1. The van der Waals surface area contributed by atoms with E-state index < -0.39 is 0 Å². The fourth-order valence-corrected chi connectivity index (χ4v) is 2.22. The average Bonchev–Trinajstić information content (AvgIpc) is 2.38. The number of hydrogen-bond donors (Lipinski definition) is 1. The van der Waals surface area contributed by atoms with Gasteiger partial charge >= 0.3 is 0 Å². The summed E-state index contributed by atoms with van der Waals surface area (Å²) >= 11 is 3.55. The normalized spacial score (nSPS) is 10.2. The minimum Gasteiger partial charge on any atom is -0.495 e. The molecule has 2 aromatic carbocycles. The van der Waals surface area contributed by atoms with Gasteiger partial charge in [0.2, 0.25) is 0 Å². The third-order valence-electron chi connectivity index (χ3n) is 2.78. The van der Waals surface area contributed by atoms with Crippen molar-refractivity contribution < 1.29 is 4.74 Å². The molecular weight excluding hydrogens is 290 g/mol. The smallest absolute Gasteiger partial charge is 0.141 e. The van der Waals surface area contributed by atoms with E-state index in [4.69, 9.17) is 4.74 Å². The first kappa shape index (κ1) is 13.0. The van der Waals surface area contributed by atoms with Crippen molar-refractivity contribution >= 4 is 21.6 Å². The molecule has 0 aromatic heterocycles. The molecule has 0 aliphatic rings. The van der Waals surface area contributed by atoms with E-state index in [0.29, 0.717) is 0 Å². The van der Waals surface area contributed by atoms with Gasteiger partial charge in [0.1, 0.15) is 5.75 Å².